The molecule has 1 atom stereocenters. The highest BCUT2D eigenvalue weighted by Gasteiger charge is 2.44. The number of nitrogens with zero attached hydrogens (tertiary/aromatic N) is 2. The summed E-state index contributed by atoms with van der Waals surface area (Å²) in [5.41, 5.74) is -0.676. The number of benzene rings is 1. The van der Waals surface area contributed by atoms with E-state index in [0.29, 0.717) is 23.7 Å². The van der Waals surface area contributed by atoms with Crippen molar-refractivity contribution >= 4 is 55.1 Å². The highest BCUT2D eigenvalue weighted by Crippen LogP contribution is 2.37. The Morgan fingerprint density at radius 3 is 2.38 bits per heavy atom. The Morgan fingerprint density at radius 1 is 1.16 bits per heavy atom. The highest BCUT2D eigenvalue weighted by molar-refractivity contribution is 6.41. The molecule has 3 rings (SSSR count). The van der Waals surface area contributed by atoms with Gasteiger partial charge in [-0.15, -0.1) is 0 Å². The molecule has 0 aliphatic rings. The molecule has 2 aromatic heterocycles. The van der Waals surface area contributed by atoms with Gasteiger partial charge in [-0.1, -0.05) is 25.4 Å². The molecule has 37 heavy (non-hydrogen) atoms. The van der Waals surface area contributed by atoms with E-state index in [1.807, 2.05) is 33.8 Å². The summed E-state index contributed by atoms with van der Waals surface area (Å²) < 4.78 is 13.2. The summed E-state index contributed by atoms with van der Waals surface area (Å²) in [7, 11) is 13.1. The van der Waals surface area contributed by atoms with Gasteiger partial charge in [0.2, 0.25) is 0 Å². The van der Waals surface area contributed by atoms with Crippen molar-refractivity contribution in [1.82, 2.24) is 14.9 Å². The van der Waals surface area contributed by atoms with Gasteiger partial charge in [0.05, 0.1) is 27.2 Å². The SMILES string of the molecule is [B]C([B])(Oc1cc2c(=O)n(CC)c3c(C)nccc3c2cc1Cl)C(C)(CC(C)C)NC(=O)OC(C)(C)C. The van der Waals surface area contributed by atoms with E-state index in [0.717, 1.165) is 16.6 Å². The Hall–Kier alpha value is -2.67. The summed E-state index contributed by atoms with van der Waals surface area (Å²) in [5.74, 6) is 0.229. The Balaban J connectivity index is 2.13. The molecule has 0 aliphatic heterocycles. The van der Waals surface area contributed by atoms with Crippen molar-refractivity contribution in [3.63, 3.8) is 0 Å². The van der Waals surface area contributed by atoms with Crippen LogP contribution in [0.4, 0.5) is 4.79 Å². The van der Waals surface area contributed by atoms with Crippen molar-refractivity contribution in [3.8, 4) is 5.75 Å². The molecule has 0 spiro atoms. The van der Waals surface area contributed by atoms with E-state index < -0.39 is 22.6 Å². The lowest BCUT2D eigenvalue weighted by Gasteiger charge is -2.47. The van der Waals surface area contributed by atoms with Crippen LogP contribution in [0.5, 0.6) is 5.75 Å². The number of hydrogen-bond acceptors (Lipinski definition) is 5. The smallest absolute Gasteiger partial charge is 0.408 e. The lowest BCUT2D eigenvalue weighted by atomic mass is 9.53. The molecular weight excluding hydrogens is 487 g/mol. The zero-order valence-electron chi connectivity index (χ0n) is 22.9. The van der Waals surface area contributed by atoms with Gasteiger partial charge < -0.3 is 19.4 Å². The van der Waals surface area contributed by atoms with Gasteiger partial charge in [-0.05, 0) is 77.5 Å². The Bertz CT molecular complexity index is 1400. The summed E-state index contributed by atoms with van der Waals surface area (Å²) >= 11 is 6.65. The van der Waals surface area contributed by atoms with E-state index >= 15 is 0 Å². The van der Waals surface area contributed by atoms with Crippen LogP contribution < -0.4 is 15.6 Å². The van der Waals surface area contributed by atoms with Gasteiger partial charge in [-0.3, -0.25) is 9.78 Å². The lowest BCUT2D eigenvalue weighted by molar-refractivity contribution is 0.0325. The van der Waals surface area contributed by atoms with Crippen molar-refractivity contribution in [2.45, 2.75) is 84.9 Å². The Labute approximate surface area is 226 Å². The topological polar surface area (TPSA) is 82.5 Å². The number of rotatable bonds is 7. The normalized spacial score (nSPS) is 14.1. The van der Waals surface area contributed by atoms with Crippen LogP contribution in [-0.2, 0) is 11.3 Å². The minimum atomic E-state index is -1.91. The molecule has 0 bridgehead atoms. The summed E-state index contributed by atoms with van der Waals surface area (Å²) in [6.07, 6.45) is 1.40. The first-order valence-electron chi connectivity index (χ1n) is 12.4. The van der Waals surface area contributed by atoms with Crippen molar-refractivity contribution in [3.05, 3.63) is 45.5 Å². The second-order valence-electron chi connectivity index (χ2n) is 11.1. The quantitative estimate of drug-likeness (QED) is 0.340. The van der Waals surface area contributed by atoms with E-state index in [4.69, 9.17) is 36.8 Å². The van der Waals surface area contributed by atoms with Crippen LogP contribution in [0.25, 0.3) is 21.7 Å². The molecule has 7 nitrogen and oxygen atoms in total. The molecule has 0 saturated heterocycles. The number of fused-ring (bicyclic) bond motifs is 3. The maximum Gasteiger partial charge on any atom is 0.408 e. The predicted octanol–water partition coefficient (Wildman–Crippen LogP) is 5.23. The first-order valence-corrected chi connectivity index (χ1v) is 12.8. The van der Waals surface area contributed by atoms with Crippen molar-refractivity contribution in [1.29, 1.82) is 0 Å². The van der Waals surface area contributed by atoms with E-state index in [-0.39, 0.29) is 22.2 Å². The van der Waals surface area contributed by atoms with E-state index in [2.05, 4.69) is 10.3 Å². The molecule has 10 heteroatoms. The average molecular weight is 522 g/mol. The fraction of sp³-hybridized carbons (Fsp3) is 0.519. The fourth-order valence-electron chi connectivity index (χ4n) is 4.64. The van der Waals surface area contributed by atoms with Gasteiger partial charge in [0.15, 0.2) is 0 Å². The number of aryl methyl sites for hydroxylation is 2. The Morgan fingerprint density at radius 2 is 1.81 bits per heavy atom. The summed E-state index contributed by atoms with van der Waals surface area (Å²) in [6.45, 7) is 15.2. The first kappa shape index (κ1) is 28.9. The number of pyridine rings is 2. The number of hydrogen-bond donors (Lipinski definition) is 1. The van der Waals surface area contributed by atoms with Crippen molar-refractivity contribution in [2.24, 2.45) is 5.92 Å². The van der Waals surface area contributed by atoms with Gasteiger partial charge in [-0.25, -0.2) is 4.79 Å². The molecule has 1 amide bonds. The third-order valence-corrected chi connectivity index (χ3v) is 6.56. The molecule has 2 heterocycles. The van der Waals surface area contributed by atoms with Crippen LogP contribution in [-0.4, -0.2) is 47.9 Å². The molecule has 4 radical (unpaired) electrons. The average Bonchev–Trinajstić information content (AvgIpc) is 2.73. The molecule has 1 unspecified atom stereocenters. The highest BCUT2D eigenvalue weighted by atomic mass is 35.5. The van der Waals surface area contributed by atoms with E-state index in [1.54, 1.807) is 50.6 Å². The van der Waals surface area contributed by atoms with Crippen LogP contribution >= 0.6 is 11.6 Å². The molecule has 1 N–H and O–H groups in total. The molecule has 0 aliphatic carbocycles. The number of nitrogens with one attached hydrogen (secondary N) is 1. The number of amides is 1. The predicted molar refractivity (Wildman–Crippen MR) is 151 cm³/mol. The fourth-order valence-corrected chi connectivity index (χ4v) is 4.85. The number of carbonyl (C=O) groups excluding carboxylic acids is 1. The second-order valence-corrected chi connectivity index (χ2v) is 11.5. The maximum atomic E-state index is 13.5. The molecule has 194 valence electrons. The molecule has 0 fully saturated rings. The minimum Gasteiger partial charge on any atom is -0.503 e. The van der Waals surface area contributed by atoms with Gasteiger partial charge in [0.25, 0.3) is 5.56 Å². The second kappa shape index (κ2) is 10.2. The van der Waals surface area contributed by atoms with Crippen LogP contribution in [0.3, 0.4) is 0 Å². The van der Waals surface area contributed by atoms with Gasteiger partial charge in [0, 0.05) is 23.5 Å². The zero-order valence-corrected chi connectivity index (χ0v) is 23.6. The third kappa shape index (κ3) is 5.92. The van der Waals surface area contributed by atoms with Crippen LogP contribution in [0.1, 0.15) is 60.6 Å². The number of alkyl carbamates (subject to hydrolysis) is 1. The zero-order chi connectivity index (χ0) is 27.9. The number of ether oxygens (including phenoxy) is 2. The van der Waals surface area contributed by atoms with Gasteiger partial charge >= 0.3 is 6.09 Å². The first-order chi connectivity index (χ1) is 17.0. The Kier molecular flexibility index (Phi) is 8.00. The molecule has 1 aromatic carbocycles. The van der Waals surface area contributed by atoms with Gasteiger partial charge in [-0.2, -0.15) is 0 Å². The summed E-state index contributed by atoms with van der Waals surface area (Å²) in [4.78, 5) is 30.5. The van der Waals surface area contributed by atoms with Crippen molar-refractivity contribution < 1.29 is 14.3 Å². The monoisotopic (exact) mass is 521 g/mol. The van der Waals surface area contributed by atoms with Crippen LogP contribution in [0.2, 0.25) is 5.02 Å². The van der Waals surface area contributed by atoms with Crippen LogP contribution in [0, 0.1) is 12.8 Å². The van der Waals surface area contributed by atoms with Crippen molar-refractivity contribution in [2.75, 3.05) is 0 Å². The molecule has 0 saturated carbocycles. The standard InChI is InChI=1S/C27H34B2ClN3O4/c1-9-33-22-16(4)31-11-10-17(22)18-12-20(30)21(13-19(18)23(33)34)36-27(28,29)26(8,14-15(2)3)32-24(35)37-25(5,6)7/h10-13,15H,9,14H2,1-8H3,(H,32,35). The van der Waals surface area contributed by atoms with Crippen LogP contribution in [0.15, 0.2) is 29.2 Å². The number of carbonyl (C=O) groups is 1. The van der Waals surface area contributed by atoms with E-state index in [9.17, 15) is 9.59 Å². The minimum absolute atomic E-state index is 0.0991. The lowest BCUT2D eigenvalue weighted by Crippen LogP contribution is -2.67. The van der Waals surface area contributed by atoms with E-state index in [1.165, 1.54) is 0 Å². The summed E-state index contributed by atoms with van der Waals surface area (Å²) in [6, 6.07) is 5.08. The maximum absolute atomic E-state index is 13.5. The molecule has 3 aromatic rings. The number of aromatic nitrogens is 2. The third-order valence-electron chi connectivity index (χ3n) is 6.27. The largest absolute Gasteiger partial charge is 0.503 e. The number of halogens is 1. The van der Waals surface area contributed by atoms with Gasteiger partial charge in [0.1, 0.15) is 27.0 Å². The molecular formula is C27H34B2ClN3O4. The summed E-state index contributed by atoms with van der Waals surface area (Å²) in [5, 5.41) is 3.04.